The van der Waals surface area contributed by atoms with Crippen molar-refractivity contribution in [3.05, 3.63) is 58.7 Å². The van der Waals surface area contributed by atoms with Crippen LogP contribution in [0.2, 0.25) is 0 Å². The average molecular weight is 345 g/mol. The molecule has 0 saturated carbocycles. The Morgan fingerprint density at radius 2 is 2.00 bits per heavy atom. The number of benzene rings is 2. The van der Waals surface area contributed by atoms with Gasteiger partial charge >= 0.3 is 0 Å². The second-order valence-electron chi connectivity index (χ2n) is 4.57. The predicted octanol–water partition coefficient (Wildman–Crippen LogP) is 4.19. The molecule has 106 valence electrons. The number of carbonyl (C=O) groups is 1. The molecule has 2 aromatic carbocycles. The van der Waals surface area contributed by atoms with Gasteiger partial charge in [0.1, 0.15) is 11.4 Å². The van der Waals surface area contributed by atoms with Crippen LogP contribution >= 0.6 is 15.9 Å². The largest absolute Gasteiger partial charge is 0.496 e. The second kappa shape index (κ2) is 5.61. The number of rotatable bonds is 3. The predicted molar refractivity (Wildman–Crippen MR) is 86.9 cm³/mol. The van der Waals surface area contributed by atoms with Gasteiger partial charge < -0.3 is 15.0 Å². The van der Waals surface area contributed by atoms with Crippen LogP contribution in [-0.4, -0.2) is 18.0 Å². The molecule has 0 aliphatic rings. The molecule has 0 aliphatic carbocycles. The van der Waals surface area contributed by atoms with Crippen molar-refractivity contribution in [1.82, 2.24) is 4.98 Å². The van der Waals surface area contributed by atoms with Gasteiger partial charge in [0.2, 0.25) is 0 Å². The van der Waals surface area contributed by atoms with Gasteiger partial charge in [0, 0.05) is 16.6 Å². The van der Waals surface area contributed by atoms with Crippen molar-refractivity contribution >= 4 is 38.4 Å². The van der Waals surface area contributed by atoms with Crippen LogP contribution in [0.4, 0.5) is 5.69 Å². The number of ether oxygens (including phenoxy) is 1. The van der Waals surface area contributed by atoms with Crippen LogP contribution in [0.25, 0.3) is 10.9 Å². The lowest BCUT2D eigenvalue weighted by Gasteiger charge is -2.07. The fourth-order valence-corrected chi connectivity index (χ4v) is 2.68. The Hall–Kier alpha value is -2.27. The molecule has 1 aromatic heterocycles. The number of aromatic amines is 1. The van der Waals surface area contributed by atoms with Crippen molar-refractivity contribution in [2.24, 2.45) is 0 Å². The molecule has 4 nitrogen and oxygen atoms in total. The van der Waals surface area contributed by atoms with E-state index in [2.05, 4.69) is 26.2 Å². The van der Waals surface area contributed by atoms with Gasteiger partial charge in [0.05, 0.1) is 11.6 Å². The van der Waals surface area contributed by atoms with Gasteiger partial charge in [-0.15, -0.1) is 0 Å². The molecule has 0 spiro atoms. The molecule has 0 aliphatic heterocycles. The van der Waals surface area contributed by atoms with Gasteiger partial charge in [0.15, 0.2) is 0 Å². The molecule has 0 atom stereocenters. The number of carbonyl (C=O) groups excluding carboxylic acids is 1. The summed E-state index contributed by atoms with van der Waals surface area (Å²) in [6.45, 7) is 0. The smallest absolute Gasteiger partial charge is 0.272 e. The number of para-hydroxylation sites is 1. The molecular weight excluding hydrogens is 332 g/mol. The molecule has 2 N–H and O–H groups in total. The van der Waals surface area contributed by atoms with Crippen molar-refractivity contribution in [3.63, 3.8) is 0 Å². The third-order valence-corrected chi connectivity index (χ3v) is 3.80. The maximum Gasteiger partial charge on any atom is 0.272 e. The lowest BCUT2D eigenvalue weighted by atomic mass is 10.2. The lowest BCUT2D eigenvalue weighted by molar-refractivity contribution is 0.102. The second-order valence-corrected chi connectivity index (χ2v) is 5.43. The molecule has 3 aromatic rings. The minimum Gasteiger partial charge on any atom is -0.496 e. The molecule has 0 bridgehead atoms. The average Bonchev–Trinajstić information content (AvgIpc) is 2.91. The van der Waals surface area contributed by atoms with Gasteiger partial charge in [0.25, 0.3) is 5.91 Å². The Labute approximate surface area is 130 Å². The highest BCUT2D eigenvalue weighted by atomic mass is 79.9. The van der Waals surface area contributed by atoms with Crippen LogP contribution in [0.15, 0.2) is 53.0 Å². The van der Waals surface area contributed by atoms with E-state index >= 15 is 0 Å². The normalized spacial score (nSPS) is 10.6. The van der Waals surface area contributed by atoms with Crippen LogP contribution in [-0.2, 0) is 0 Å². The quantitative estimate of drug-likeness (QED) is 0.748. The standard InChI is InChI=1S/C16H13BrN2O2/c1-21-15-7-6-11(9-12(15)17)18-16(20)14-8-10-4-2-3-5-13(10)19-14/h2-9,19H,1H3,(H,18,20). The Balaban J connectivity index is 1.84. The first kappa shape index (κ1) is 13.7. The summed E-state index contributed by atoms with van der Waals surface area (Å²) in [5, 5.41) is 3.87. The summed E-state index contributed by atoms with van der Waals surface area (Å²) in [4.78, 5) is 15.4. The third-order valence-electron chi connectivity index (χ3n) is 3.18. The third kappa shape index (κ3) is 2.78. The Bertz CT molecular complexity index is 778. The monoisotopic (exact) mass is 344 g/mol. The summed E-state index contributed by atoms with van der Waals surface area (Å²) in [5.74, 6) is 0.543. The lowest BCUT2D eigenvalue weighted by Crippen LogP contribution is -2.12. The summed E-state index contributed by atoms with van der Waals surface area (Å²) in [5.41, 5.74) is 2.17. The molecule has 3 rings (SSSR count). The highest BCUT2D eigenvalue weighted by Crippen LogP contribution is 2.28. The van der Waals surface area contributed by atoms with E-state index in [1.54, 1.807) is 25.3 Å². The zero-order valence-corrected chi connectivity index (χ0v) is 12.9. The minimum atomic E-state index is -0.178. The first-order valence-electron chi connectivity index (χ1n) is 6.40. The number of aromatic nitrogens is 1. The summed E-state index contributed by atoms with van der Waals surface area (Å²) in [6.07, 6.45) is 0. The zero-order valence-electron chi connectivity index (χ0n) is 11.3. The van der Waals surface area contributed by atoms with Gasteiger partial charge in [-0.3, -0.25) is 4.79 Å². The van der Waals surface area contributed by atoms with Crippen LogP contribution < -0.4 is 10.1 Å². The van der Waals surface area contributed by atoms with Crippen molar-refractivity contribution in [2.75, 3.05) is 12.4 Å². The van der Waals surface area contributed by atoms with E-state index in [0.29, 0.717) is 11.4 Å². The van der Waals surface area contributed by atoms with E-state index in [1.165, 1.54) is 0 Å². The molecule has 1 amide bonds. The molecule has 0 saturated heterocycles. The number of nitrogens with one attached hydrogen (secondary N) is 2. The molecule has 21 heavy (non-hydrogen) atoms. The molecule has 0 radical (unpaired) electrons. The van der Waals surface area contributed by atoms with Crippen molar-refractivity contribution in [3.8, 4) is 5.75 Å². The maximum absolute atomic E-state index is 12.3. The molecule has 0 fully saturated rings. The summed E-state index contributed by atoms with van der Waals surface area (Å²) in [7, 11) is 1.60. The SMILES string of the molecule is COc1ccc(NC(=O)c2cc3ccccc3[nH]2)cc1Br. The number of anilines is 1. The van der Waals surface area contributed by atoms with E-state index in [9.17, 15) is 4.79 Å². The van der Waals surface area contributed by atoms with E-state index in [0.717, 1.165) is 21.1 Å². The topological polar surface area (TPSA) is 54.1 Å². The first-order valence-corrected chi connectivity index (χ1v) is 7.19. The minimum absolute atomic E-state index is 0.178. The van der Waals surface area contributed by atoms with Gasteiger partial charge in [-0.25, -0.2) is 0 Å². The van der Waals surface area contributed by atoms with Gasteiger partial charge in [-0.1, -0.05) is 18.2 Å². The van der Waals surface area contributed by atoms with Crippen LogP contribution in [0.3, 0.4) is 0 Å². The highest BCUT2D eigenvalue weighted by Gasteiger charge is 2.10. The number of halogens is 1. The van der Waals surface area contributed by atoms with Gasteiger partial charge in [-0.2, -0.15) is 0 Å². The zero-order chi connectivity index (χ0) is 14.8. The van der Waals surface area contributed by atoms with E-state index < -0.39 is 0 Å². The van der Waals surface area contributed by atoms with Crippen LogP contribution in [0.1, 0.15) is 10.5 Å². The number of methoxy groups -OCH3 is 1. The summed E-state index contributed by atoms with van der Waals surface area (Å²) >= 11 is 3.40. The first-order chi connectivity index (χ1) is 10.2. The number of amides is 1. The van der Waals surface area contributed by atoms with Gasteiger partial charge in [-0.05, 0) is 46.3 Å². The molecular formula is C16H13BrN2O2. The van der Waals surface area contributed by atoms with Crippen molar-refractivity contribution in [1.29, 1.82) is 0 Å². The fourth-order valence-electron chi connectivity index (χ4n) is 2.14. The van der Waals surface area contributed by atoms with E-state index in [4.69, 9.17) is 4.74 Å². The maximum atomic E-state index is 12.3. The number of hydrogen-bond donors (Lipinski definition) is 2. The summed E-state index contributed by atoms with van der Waals surface area (Å²) < 4.78 is 5.95. The Morgan fingerprint density at radius 1 is 1.19 bits per heavy atom. The number of fused-ring (bicyclic) bond motifs is 1. The fraction of sp³-hybridized carbons (Fsp3) is 0.0625. The van der Waals surface area contributed by atoms with Crippen molar-refractivity contribution < 1.29 is 9.53 Å². The molecule has 0 unspecified atom stereocenters. The molecule has 5 heteroatoms. The highest BCUT2D eigenvalue weighted by molar-refractivity contribution is 9.10. The Morgan fingerprint density at radius 3 is 2.71 bits per heavy atom. The van der Waals surface area contributed by atoms with E-state index in [-0.39, 0.29) is 5.91 Å². The molecule has 1 heterocycles. The van der Waals surface area contributed by atoms with E-state index in [1.807, 2.05) is 30.3 Å². The Kier molecular flexibility index (Phi) is 3.66. The summed E-state index contributed by atoms with van der Waals surface area (Å²) in [6, 6.07) is 15.0. The van der Waals surface area contributed by atoms with Crippen LogP contribution in [0, 0.1) is 0 Å². The van der Waals surface area contributed by atoms with Crippen LogP contribution in [0.5, 0.6) is 5.75 Å². The number of H-pyrrole nitrogens is 1. The number of hydrogen-bond acceptors (Lipinski definition) is 2. The van der Waals surface area contributed by atoms with Crippen molar-refractivity contribution in [2.45, 2.75) is 0 Å².